The molecular weight excluding hydrogens is 304 g/mol. The van der Waals surface area contributed by atoms with Crippen LogP contribution in [0.3, 0.4) is 0 Å². The first kappa shape index (κ1) is 15.5. The molecule has 1 aromatic carbocycles. The van der Waals surface area contributed by atoms with Crippen LogP contribution in [0.1, 0.15) is 31.2 Å². The number of hydrogen-bond acceptors (Lipinski definition) is 4. The van der Waals surface area contributed by atoms with Crippen molar-refractivity contribution in [2.75, 3.05) is 18.5 Å². The summed E-state index contributed by atoms with van der Waals surface area (Å²) in [6, 6.07) is 4.85. The number of aryl methyl sites for hydroxylation is 1. The van der Waals surface area contributed by atoms with Gasteiger partial charge in [0.25, 0.3) is 0 Å². The SMILES string of the molecule is O=C1CCCc2cc(S(=O)(=O)NC[C@@H]3CCCO3)ccc2N1. The Bertz CT molecular complexity index is 666. The van der Waals surface area contributed by atoms with E-state index in [1.165, 1.54) is 6.07 Å². The molecule has 7 heteroatoms. The van der Waals surface area contributed by atoms with Crippen molar-refractivity contribution >= 4 is 21.6 Å². The lowest BCUT2D eigenvalue weighted by molar-refractivity contribution is -0.116. The lowest BCUT2D eigenvalue weighted by Gasteiger charge is -2.13. The number of sulfonamides is 1. The standard InChI is InChI=1S/C15H20N2O4S/c18-15-5-1-3-11-9-13(6-7-14(11)17-15)22(19,20)16-10-12-4-2-8-21-12/h6-7,9,12,16H,1-5,8,10H2,(H,17,18)/t12-/m0/s1. The summed E-state index contributed by atoms with van der Waals surface area (Å²) < 4.78 is 32.8. The van der Waals surface area contributed by atoms with E-state index in [0.29, 0.717) is 31.7 Å². The molecule has 6 nitrogen and oxygen atoms in total. The van der Waals surface area contributed by atoms with Crippen molar-refractivity contribution in [2.45, 2.75) is 43.1 Å². The highest BCUT2D eigenvalue weighted by molar-refractivity contribution is 7.89. The fraction of sp³-hybridized carbons (Fsp3) is 0.533. The molecule has 1 saturated heterocycles. The molecule has 1 fully saturated rings. The van der Waals surface area contributed by atoms with Gasteiger partial charge in [0.2, 0.25) is 15.9 Å². The number of amides is 1. The maximum atomic E-state index is 12.4. The zero-order valence-electron chi connectivity index (χ0n) is 12.3. The van der Waals surface area contributed by atoms with Crippen molar-refractivity contribution in [3.05, 3.63) is 23.8 Å². The lowest BCUT2D eigenvalue weighted by Crippen LogP contribution is -2.31. The van der Waals surface area contributed by atoms with Crippen molar-refractivity contribution in [3.63, 3.8) is 0 Å². The Morgan fingerprint density at radius 1 is 1.27 bits per heavy atom. The first-order chi connectivity index (χ1) is 10.5. The van der Waals surface area contributed by atoms with E-state index >= 15 is 0 Å². The van der Waals surface area contributed by atoms with E-state index < -0.39 is 10.0 Å². The van der Waals surface area contributed by atoms with Gasteiger partial charge in [-0.3, -0.25) is 4.79 Å². The Labute approximate surface area is 130 Å². The van der Waals surface area contributed by atoms with Crippen LogP contribution in [0.15, 0.2) is 23.1 Å². The highest BCUT2D eigenvalue weighted by Crippen LogP contribution is 2.25. The Morgan fingerprint density at radius 3 is 2.91 bits per heavy atom. The summed E-state index contributed by atoms with van der Waals surface area (Å²) in [6.45, 7) is 1.00. The average molecular weight is 324 g/mol. The molecule has 2 heterocycles. The average Bonchev–Trinajstić information content (AvgIpc) is 2.93. The summed E-state index contributed by atoms with van der Waals surface area (Å²) in [5.74, 6) is -0.0223. The Hall–Kier alpha value is -1.44. The number of benzene rings is 1. The van der Waals surface area contributed by atoms with E-state index in [4.69, 9.17) is 4.74 Å². The minimum Gasteiger partial charge on any atom is -0.377 e. The predicted molar refractivity (Wildman–Crippen MR) is 82.2 cm³/mol. The maximum Gasteiger partial charge on any atom is 0.240 e. The topological polar surface area (TPSA) is 84.5 Å². The van der Waals surface area contributed by atoms with Crippen molar-refractivity contribution in [1.29, 1.82) is 0 Å². The molecule has 1 amide bonds. The zero-order valence-corrected chi connectivity index (χ0v) is 13.1. The third-order valence-electron chi connectivity index (χ3n) is 4.04. The number of carbonyl (C=O) groups is 1. The Morgan fingerprint density at radius 2 is 2.14 bits per heavy atom. The predicted octanol–water partition coefficient (Wildman–Crippen LogP) is 1.42. The molecule has 22 heavy (non-hydrogen) atoms. The molecule has 0 aromatic heterocycles. The summed E-state index contributed by atoms with van der Waals surface area (Å²) in [6.07, 6.45) is 3.72. The van der Waals surface area contributed by atoms with E-state index in [0.717, 1.165) is 24.8 Å². The van der Waals surface area contributed by atoms with Crippen molar-refractivity contribution in [1.82, 2.24) is 4.72 Å². The second kappa shape index (κ2) is 6.36. The molecule has 0 spiro atoms. The molecular formula is C15H20N2O4S. The van der Waals surface area contributed by atoms with Gasteiger partial charge in [-0.2, -0.15) is 0 Å². The quantitative estimate of drug-likeness (QED) is 0.877. The molecule has 0 bridgehead atoms. The molecule has 2 aliphatic heterocycles. The molecule has 120 valence electrons. The second-order valence-corrected chi connectivity index (χ2v) is 7.47. The van der Waals surface area contributed by atoms with E-state index in [2.05, 4.69) is 10.0 Å². The number of rotatable bonds is 4. The fourth-order valence-electron chi connectivity index (χ4n) is 2.81. The van der Waals surface area contributed by atoms with E-state index in [1.807, 2.05) is 0 Å². The van der Waals surface area contributed by atoms with Crippen LogP contribution in [0.5, 0.6) is 0 Å². The summed E-state index contributed by atoms with van der Waals surface area (Å²) in [5, 5.41) is 2.80. The number of ether oxygens (including phenoxy) is 1. The summed E-state index contributed by atoms with van der Waals surface area (Å²) in [4.78, 5) is 11.8. The summed E-state index contributed by atoms with van der Waals surface area (Å²) in [7, 11) is -3.55. The minimum absolute atomic E-state index is 0.0223. The molecule has 0 aliphatic carbocycles. The Balaban J connectivity index is 1.75. The van der Waals surface area contributed by atoms with Gasteiger partial charge in [-0.15, -0.1) is 0 Å². The Kier molecular flexibility index (Phi) is 4.46. The van der Waals surface area contributed by atoms with Crippen LogP contribution in [-0.4, -0.2) is 33.6 Å². The fourth-order valence-corrected chi connectivity index (χ4v) is 3.93. The van der Waals surface area contributed by atoms with Gasteiger partial charge in [-0.05, 0) is 49.4 Å². The van der Waals surface area contributed by atoms with Gasteiger partial charge < -0.3 is 10.1 Å². The third kappa shape index (κ3) is 3.48. The molecule has 1 aromatic rings. The van der Waals surface area contributed by atoms with Crippen LogP contribution in [0.2, 0.25) is 0 Å². The van der Waals surface area contributed by atoms with Crippen molar-refractivity contribution in [2.24, 2.45) is 0 Å². The summed E-state index contributed by atoms with van der Waals surface area (Å²) in [5.41, 5.74) is 1.58. The molecule has 0 unspecified atom stereocenters. The van der Waals surface area contributed by atoms with Gasteiger partial charge >= 0.3 is 0 Å². The molecule has 2 aliphatic rings. The molecule has 0 saturated carbocycles. The van der Waals surface area contributed by atoms with Gasteiger partial charge in [0.1, 0.15) is 0 Å². The van der Waals surface area contributed by atoms with Gasteiger partial charge in [0.05, 0.1) is 11.0 Å². The van der Waals surface area contributed by atoms with Crippen LogP contribution < -0.4 is 10.0 Å². The number of fused-ring (bicyclic) bond motifs is 1. The number of nitrogens with one attached hydrogen (secondary N) is 2. The van der Waals surface area contributed by atoms with Gasteiger partial charge in [-0.25, -0.2) is 13.1 Å². The maximum absolute atomic E-state index is 12.4. The van der Waals surface area contributed by atoms with Crippen molar-refractivity contribution in [3.8, 4) is 0 Å². The van der Waals surface area contributed by atoms with E-state index in [9.17, 15) is 13.2 Å². The number of hydrogen-bond donors (Lipinski definition) is 2. The normalized spacial score (nSPS) is 22.0. The smallest absolute Gasteiger partial charge is 0.240 e. The summed E-state index contributed by atoms with van der Waals surface area (Å²) >= 11 is 0. The zero-order chi connectivity index (χ0) is 15.6. The van der Waals surface area contributed by atoms with Gasteiger partial charge in [0, 0.05) is 25.3 Å². The third-order valence-corrected chi connectivity index (χ3v) is 5.46. The molecule has 1 atom stereocenters. The highest BCUT2D eigenvalue weighted by atomic mass is 32.2. The minimum atomic E-state index is -3.55. The monoisotopic (exact) mass is 324 g/mol. The highest BCUT2D eigenvalue weighted by Gasteiger charge is 2.22. The van der Waals surface area contributed by atoms with Crippen LogP contribution in [-0.2, 0) is 26.0 Å². The van der Waals surface area contributed by atoms with E-state index in [1.54, 1.807) is 12.1 Å². The number of carbonyl (C=O) groups excluding carboxylic acids is 1. The lowest BCUT2D eigenvalue weighted by atomic mass is 10.1. The van der Waals surface area contributed by atoms with Crippen LogP contribution in [0, 0.1) is 0 Å². The molecule has 3 rings (SSSR count). The van der Waals surface area contributed by atoms with Gasteiger partial charge in [0.15, 0.2) is 0 Å². The van der Waals surface area contributed by atoms with E-state index in [-0.39, 0.29) is 16.9 Å². The first-order valence-corrected chi connectivity index (χ1v) is 9.07. The molecule has 2 N–H and O–H groups in total. The van der Waals surface area contributed by atoms with Crippen LogP contribution >= 0.6 is 0 Å². The van der Waals surface area contributed by atoms with Crippen molar-refractivity contribution < 1.29 is 17.9 Å². The van der Waals surface area contributed by atoms with Crippen LogP contribution in [0.25, 0.3) is 0 Å². The second-order valence-electron chi connectivity index (χ2n) is 5.71. The first-order valence-electron chi connectivity index (χ1n) is 7.59. The van der Waals surface area contributed by atoms with Crippen LogP contribution in [0.4, 0.5) is 5.69 Å². The largest absolute Gasteiger partial charge is 0.377 e. The molecule has 0 radical (unpaired) electrons. The number of anilines is 1. The van der Waals surface area contributed by atoms with Gasteiger partial charge in [-0.1, -0.05) is 0 Å².